The molecule has 1 unspecified atom stereocenters. The normalized spacial score (nSPS) is 11.7. The lowest BCUT2D eigenvalue weighted by molar-refractivity contribution is -0.140. The third-order valence-electron chi connectivity index (χ3n) is 5.95. The van der Waals surface area contributed by atoms with E-state index in [0.717, 1.165) is 33.5 Å². The van der Waals surface area contributed by atoms with Crippen LogP contribution in [0, 0.1) is 0 Å². The molecule has 0 aliphatic carbocycles. The van der Waals surface area contributed by atoms with Crippen molar-refractivity contribution in [1.29, 1.82) is 0 Å². The zero-order valence-corrected chi connectivity index (χ0v) is 22.8. The molecule has 4 rings (SSSR count). The van der Waals surface area contributed by atoms with Gasteiger partial charge in [0.05, 0.1) is 37.4 Å². The molecule has 0 radical (unpaired) electrons. The van der Waals surface area contributed by atoms with Crippen LogP contribution in [0.4, 0.5) is 0 Å². The number of benzene rings is 3. The molecule has 4 aromatic rings. The molecule has 0 N–H and O–H groups in total. The smallest absolute Gasteiger partial charge is 0.337 e. The highest BCUT2D eigenvalue weighted by Gasteiger charge is 2.17. The number of carbonyl (C=O) groups is 2. The molecule has 38 heavy (non-hydrogen) atoms. The number of carbonyl (C=O) groups excluding carboxylic acids is 2. The van der Waals surface area contributed by atoms with Gasteiger partial charge in [-0.3, -0.25) is 4.79 Å². The fourth-order valence-electron chi connectivity index (χ4n) is 3.99. The van der Waals surface area contributed by atoms with Crippen LogP contribution in [0.1, 0.15) is 38.8 Å². The number of esters is 2. The van der Waals surface area contributed by atoms with Gasteiger partial charge < -0.3 is 14.2 Å². The van der Waals surface area contributed by atoms with Gasteiger partial charge in [0.25, 0.3) is 0 Å². The monoisotopic (exact) mass is 549 g/mol. The number of methoxy groups -OCH3 is 2. The SMILES string of the molecule is COC(=O)CCSC(Cc1cccc(C(=O)OC)c1)c1cccc(OCc2ccc3ccc(Cl)cc3n2)c1. The highest BCUT2D eigenvalue weighted by atomic mass is 35.5. The van der Waals surface area contributed by atoms with Crippen LogP contribution in [-0.4, -0.2) is 36.9 Å². The minimum Gasteiger partial charge on any atom is -0.487 e. The highest BCUT2D eigenvalue weighted by molar-refractivity contribution is 7.99. The highest BCUT2D eigenvalue weighted by Crippen LogP contribution is 2.35. The molecule has 6 nitrogen and oxygen atoms in total. The summed E-state index contributed by atoms with van der Waals surface area (Å²) >= 11 is 7.78. The van der Waals surface area contributed by atoms with E-state index in [1.807, 2.05) is 72.8 Å². The number of thioether (sulfide) groups is 1. The van der Waals surface area contributed by atoms with Crippen molar-refractivity contribution in [2.24, 2.45) is 0 Å². The van der Waals surface area contributed by atoms with E-state index in [2.05, 4.69) is 4.98 Å². The molecule has 0 spiro atoms. The molecule has 196 valence electrons. The maximum absolute atomic E-state index is 12.0. The van der Waals surface area contributed by atoms with Crippen molar-refractivity contribution in [1.82, 2.24) is 4.98 Å². The summed E-state index contributed by atoms with van der Waals surface area (Å²) in [6, 6.07) is 24.9. The van der Waals surface area contributed by atoms with E-state index in [4.69, 9.17) is 25.8 Å². The molecule has 1 atom stereocenters. The van der Waals surface area contributed by atoms with Gasteiger partial charge in [-0.05, 0) is 60.0 Å². The van der Waals surface area contributed by atoms with E-state index in [0.29, 0.717) is 35.8 Å². The second-order valence-electron chi connectivity index (χ2n) is 8.58. The summed E-state index contributed by atoms with van der Waals surface area (Å²) in [5, 5.41) is 1.68. The molecule has 3 aromatic carbocycles. The number of rotatable bonds is 11. The van der Waals surface area contributed by atoms with Gasteiger partial charge in [-0.15, -0.1) is 0 Å². The molecule has 8 heteroatoms. The van der Waals surface area contributed by atoms with E-state index < -0.39 is 0 Å². The Kier molecular flexibility index (Phi) is 9.62. The van der Waals surface area contributed by atoms with Crippen LogP contribution in [0.25, 0.3) is 10.9 Å². The molecule has 1 aromatic heterocycles. The van der Waals surface area contributed by atoms with Gasteiger partial charge >= 0.3 is 11.9 Å². The molecule has 0 aliphatic rings. The van der Waals surface area contributed by atoms with Crippen LogP contribution in [0.15, 0.2) is 78.9 Å². The average molecular weight is 550 g/mol. The second-order valence-corrected chi connectivity index (χ2v) is 10.3. The van der Waals surface area contributed by atoms with Gasteiger partial charge in [-0.25, -0.2) is 9.78 Å². The van der Waals surface area contributed by atoms with Crippen molar-refractivity contribution in [3.05, 3.63) is 106 Å². The van der Waals surface area contributed by atoms with Gasteiger partial charge in [-0.1, -0.05) is 48.0 Å². The lowest BCUT2D eigenvalue weighted by Gasteiger charge is -2.19. The third kappa shape index (κ3) is 7.49. The summed E-state index contributed by atoms with van der Waals surface area (Å²) < 4.78 is 15.8. The Hall–Kier alpha value is -3.55. The van der Waals surface area contributed by atoms with Crippen molar-refractivity contribution in [2.75, 3.05) is 20.0 Å². The molecule has 0 bridgehead atoms. The van der Waals surface area contributed by atoms with Gasteiger partial charge in [0, 0.05) is 21.4 Å². The Bertz CT molecular complexity index is 1430. The summed E-state index contributed by atoms with van der Waals surface area (Å²) in [4.78, 5) is 28.4. The first-order chi connectivity index (χ1) is 18.4. The first-order valence-corrected chi connectivity index (χ1v) is 13.5. The Balaban J connectivity index is 1.51. The molecule has 0 amide bonds. The summed E-state index contributed by atoms with van der Waals surface area (Å²) in [5.41, 5.74) is 4.18. The maximum atomic E-state index is 12.0. The molecule has 0 aliphatic heterocycles. The molecular weight excluding hydrogens is 522 g/mol. The lowest BCUT2D eigenvalue weighted by Crippen LogP contribution is -2.06. The molecular formula is C30H28ClNO5S. The predicted molar refractivity (Wildman–Crippen MR) is 151 cm³/mol. The van der Waals surface area contributed by atoms with Crippen LogP contribution in [-0.2, 0) is 27.3 Å². The fourth-order valence-corrected chi connectivity index (χ4v) is 5.38. The Morgan fingerprint density at radius 3 is 2.58 bits per heavy atom. The minimum absolute atomic E-state index is 0.0250. The zero-order valence-electron chi connectivity index (χ0n) is 21.2. The Morgan fingerprint density at radius 2 is 1.76 bits per heavy atom. The average Bonchev–Trinajstić information content (AvgIpc) is 2.95. The number of halogens is 1. The molecule has 0 saturated heterocycles. The van der Waals surface area contributed by atoms with E-state index in [1.54, 1.807) is 17.8 Å². The van der Waals surface area contributed by atoms with Crippen molar-refractivity contribution < 1.29 is 23.8 Å². The van der Waals surface area contributed by atoms with Crippen molar-refractivity contribution in [3.63, 3.8) is 0 Å². The van der Waals surface area contributed by atoms with Gasteiger partial charge in [-0.2, -0.15) is 11.8 Å². The number of pyridine rings is 1. The number of nitrogens with zero attached hydrogens (tertiary/aromatic N) is 1. The molecule has 0 saturated carbocycles. The van der Waals surface area contributed by atoms with Crippen molar-refractivity contribution >= 4 is 46.2 Å². The summed E-state index contributed by atoms with van der Waals surface area (Å²) in [6.45, 7) is 0.313. The van der Waals surface area contributed by atoms with Gasteiger partial charge in [0.1, 0.15) is 12.4 Å². The van der Waals surface area contributed by atoms with Gasteiger partial charge in [0.15, 0.2) is 0 Å². The zero-order chi connectivity index (χ0) is 26.9. The van der Waals surface area contributed by atoms with Crippen molar-refractivity contribution in [2.45, 2.75) is 24.7 Å². The summed E-state index contributed by atoms with van der Waals surface area (Å²) in [7, 11) is 2.76. The lowest BCUT2D eigenvalue weighted by atomic mass is 10.0. The molecule has 0 fully saturated rings. The number of fused-ring (bicyclic) bond motifs is 1. The number of hydrogen-bond donors (Lipinski definition) is 0. The minimum atomic E-state index is -0.373. The standard InChI is InChI=1S/C30H28ClNO5S/c1-35-29(33)13-14-38-28(16-20-5-3-7-23(15-20)30(34)36-2)22-6-4-8-26(17-22)37-19-25-12-10-21-9-11-24(31)18-27(21)32-25/h3-12,15,17-18,28H,13-14,16,19H2,1-2H3. The van der Waals surface area contributed by atoms with Gasteiger partial charge in [0.2, 0.25) is 0 Å². The van der Waals surface area contributed by atoms with Crippen LogP contribution in [0.5, 0.6) is 5.75 Å². The summed E-state index contributed by atoms with van der Waals surface area (Å²) in [6.07, 6.45) is 0.973. The van der Waals surface area contributed by atoms with Crippen LogP contribution < -0.4 is 4.74 Å². The fraction of sp³-hybridized carbons (Fsp3) is 0.233. The van der Waals surface area contributed by atoms with E-state index >= 15 is 0 Å². The van der Waals surface area contributed by atoms with E-state index in [1.165, 1.54) is 14.2 Å². The van der Waals surface area contributed by atoms with E-state index in [9.17, 15) is 9.59 Å². The third-order valence-corrected chi connectivity index (χ3v) is 7.47. The van der Waals surface area contributed by atoms with Crippen LogP contribution in [0.2, 0.25) is 5.02 Å². The summed E-state index contributed by atoms with van der Waals surface area (Å²) in [5.74, 6) is 0.701. The van der Waals surface area contributed by atoms with Crippen LogP contribution in [0.3, 0.4) is 0 Å². The maximum Gasteiger partial charge on any atom is 0.337 e. The number of hydrogen-bond acceptors (Lipinski definition) is 7. The number of aromatic nitrogens is 1. The van der Waals surface area contributed by atoms with Crippen LogP contribution >= 0.6 is 23.4 Å². The Morgan fingerprint density at radius 1 is 0.947 bits per heavy atom. The second kappa shape index (κ2) is 13.3. The predicted octanol–water partition coefficient (Wildman–Crippen LogP) is 6.83. The largest absolute Gasteiger partial charge is 0.487 e. The topological polar surface area (TPSA) is 74.7 Å². The Labute approximate surface area is 231 Å². The number of ether oxygens (including phenoxy) is 3. The quantitative estimate of drug-likeness (QED) is 0.190. The first-order valence-electron chi connectivity index (χ1n) is 12.1. The first kappa shape index (κ1) is 27.5. The molecule has 1 heterocycles. The van der Waals surface area contributed by atoms with E-state index in [-0.39, 0.29) is 17.2 Å². The van der Waals surface area contributed by atoms with Crippen molar-refractivity contribution in [3.8, 4) is 5.75 Å².